The molecule has 2 amide bonds. The van der Waals surface area contributed by atoms with E-state index in [-0.39, 0.29) is 17.5 Å². The Kier molecular flexibility index (Phi) is 6.41. The molecule has 0 aliphatic carbocycles. The zero-order chi connectivity index (χ0) is 22.5. The quantitative estimate of drug-likeness (QED) is 0.577. The number of carbonyl (C=O) groups excluding carboxylic acids is 2. The van der Waals surface area contributed by atoms with Gasteiger partial charge in [0.2, 0.25) is 5.76 Å². The van der Waals surface area contributed by atoms with E-state index in [0.717, 1.165) is 16.8 Å². The summed E-state index contributed by atoms with van der Waals surface area (Å²) >= 11 is 1.18. The topological polar surface area (TPSA) is 106 Å². The molecule has 0 fully saturated rings. The molecule has 32 heavy (non-hydrogen) atoms. The van der Waals surface area contributed by atoms with Crippen molar-refractivity contribution in [2.75, 3.05) is 25.3 Å². The molecule has 0 spiro atoms. The lowest BCUT2D eigenvalue weighted by Gasteiger charge is -2.23. The van der Waals surface area contributed by atoms with E-state index in [2.05, 4.69) is 15.4 Å². The van der Waals surface area contributed by atoms with Gasteiger partial charge in [-0.05, 0) is 35.9 Å². The summed E-state index contributed by atoms with van der Waals surface area (Å²) in [6.45, 7) is 0.259. The van der Waals surface area contributed by atoms with Crippen molar-refractivity contribution < 1.29 is 23.5 Å². The third-order valence-corrected chi connectivity index (χ3v) is 5.55. The molecular formula is C22H20N4O5S. The van der Waals surface area contributed by atoms with Crippen LogP contribution in [0.5, 0.6) is 11.5 Å². The largest absolute Gasteiger partial charge is 0.493 e. The average Bonchev–Trinajstić information content (AvgIpc) is 3.35. The number of rotatable bonds is 7. The van der Waals surface area contributed by atoms with E-state index in [4.69, 9.17) is 13.9 Å². The number of oxazole rings is 1. The summed E-state index contributed by atoms with van der Waals surface area (Å²) in [5.41, 5.74) is 2.99. The molecular weight excluding hydrogens is 432 g/mol. The number of hydrazone groups is 1. The van der Waals surface area contributed by atoms with Crippen LogP contribution in [0.4, 0.5) is 10.5 Å². The SMILES string of the molecule is COc1ccc(C2=NN(Cc3cccc(NC(=O)c4cnco4)c3)C(=O)SC2)cc1OC. The maximum atomic E-state index is 12.5. The first-order chi connectivity index (χ1) is 15.6. The van der Waals surface area contributed by atoms with E-state index in [1.165, 1.54) is 29.4 Å². The molecule has 9 nitrogen and oxygen atoms in total. The summed E-state index contributed by atoms with van der Waals surface area (Å²) < 4.78 is 15.7. The summed E-state index contributed by atoms with van der Waals surface area (Å²) in [6, 6.07) is 12.7. The monoisotopic (exact) mass is 452 g/mol. The van der Waals surface area contributed by atoms with Crippen LogP contribution >= 0.6 is 11.8 Å². The van der Waals surface area contributed by atoms with Crippen molar-refractivity contribution in [2.24, 2.45) is 5.10 Å². The summed E-state index contributed by atoms with van der Waals surface area (Å²) in [4.78, 5) is 28.4. The van der Waals surface area contributed by atoms with E-state index in [0.29, 0.717) is 22.9 Å². The number of thioether (sulfide) groups is 1. The molecule has 3 aromatic rings. The molecule has 1 aromatic heterocycles. The van der Waals surface area contributed by atoms with Crippen LogP contribution in [0.3, 0.4) is 0 Å². The Morgan fingerprint density at radius 3 is 2.78 bits per heavy atom. The van der Waals surface area contributed by atoms with E-state index in [1.54, 1.807) is 32.4 Å². The highest BCUT2D eigenvalue weighted by molar-refractivity contribution is 8.14. The third kappa shape index (κ3) is 4.75. The van der Waals surface area contributed by atoms with Crippen LogP contribution in [0.25, 0.3) is 0 Å². The minimum Gasteiger partial charge on any atom is -0.493 e. The van der Waals surface area contributed by atoms with E-state index < -0.39 is 5.91 Å². The summed E-state index contributed by atoms with van der Waals surface area (Å²) in [5, 5.41) is 8.58. The van der Waals surface area contributed by atoms with Crippen LogP contribution in [0.2, 0.25) is 0 Å². The maximum absolute atomic E-state index is 12.5. The van der Waals surface area contributed by atoms with Gasteiger partial charge in [0.15, 0.2) is 17.9 Å². The van der Waals surface area contributed by atoms with Crippen molar-refractivity contribution in [1.82, 2.24) is 9.99 Å². The van der Waals surface area contributed by atoms with Gasteiger partial charge in [-0.1, -0.05) is 23.9 Å². The first kappa shape index (κ1) is 21.4. The molecule has 4 rings (SSSR count). The number of aromatic nitrogens is 1. The number of carbonyl (C=O) groups is 2. The van der Waals surface area contributed by atoms with Crippen molar-refractivity contribution in [1.29, 1.82) is 0 Å². The lowest BCUT2D eigenvalue weighted by Crippen LogP contribution is -2.29. The summed E-state index contributed by atoms with van der Waals surface area (Å²) in [5.74, 6) is 1.38. The van der Waals surface area contributed by atoms with Gasteiger partial charge in [0.05, 0.1) is 32.7 Å². The number of benzene rings is 2. The van der Waals surface area contributed by atoms with E-state index in [9.17, 15) is 9.59 Å². The number of hydrogen-bond donors (Lipinski definition) is 1. The highest BCUT2D eigenvalue weighted by Gasteiger charge is 2.23. The number of methoxy groups -OCH3 is 2. The highest BCUT2D eigenvalue weighted by Crippen LogP contribution is 2.30. The molecule has 0 bridgehead atoms. The molecule has 1 aliphatic rings. The number of nitrogens with one attached hydrogen (secondary N) is 1. The lowest BCUT2D eigenvalue weighted by molar-refractivity contribution is 0.0996. The maximum Gasteiger partial charge on any atom is 0.302 e. The number of ether oxygens (including phenoxy) is 2. The minimum absolute atomic E-state index is 0.113. The van der Waals surface area contributed by atoms with E-state index >= 15 is 0 Å². The zero-order valence-corrected chi connectivity index (χ0v) is 18.2. The van der Waals surface area contributed by atoms with Crippen LogP contribution in [0, 0.1) is 0 Å². The Labute approximate surface area is 188 Å². The van der Waals surface area contributed by atoms with Crippen LogP contribution in [0.1, 0.15) is 21.7 Å². The van der Waals surface area contributed by atoms with Crippen molar-refractivity contribution in [2.45, 2.75) is 6.54 Å². The third-order valence-electron chi connectivity index (χ3n) is 4.67. The van der Waals surface area contributed by atoms with Crippen LogP contribution < -0.4 is 14.8 Å². The Balaban J connectivity index is 1.52. The molecule has 0 saturated carbocycles. The second kappa shape index (κ2) is 9.56. The standard InChI is InChI=1S/C22H20N4O5S/c1-29-18-7-6-15(9-19(18)30-2)17-12-32-22(28)26(25-17)11-14-4-3-5-16(8-14)24-21(27)20-10-23-13-31-20/h3-10,13H,11-12H2,1-2H3,(H,24,27). The fourth-order valence-corrected chi connectivity index (χ4v) is 3.86. The zero-order valence-electron chi connectivity index (χ0n) is 17.4. The minimum atomic E-state index is -0.405. The molecule has 2 aromatic carbocycles. The number of hydrogen-bond acceptors (Lipinski definition) is 8. The van der Waals surface area contributed by atoms with Crippen molar-refractivity contribution in [3.8, 4) is 11.5 Å². The van der Waals surface area contributed by atoms with Gasteiger partial charge in [0, 0.05) is 17.0 Å². The van der Waals surface area contributed by atoms with Crippen LogP contribution in [0.15, 0.2) is 64.6 Å². The first-order valence-corrected chi connectivity index (χ1v) is 10.6. The fourth-order valence-electron chi connectivity index (χ4n) is 3.12. The fraction of sp³-hybridized carbons (Fsp3) is 0.182. The second-order valence-electron chi connectivity index (χ2n) is 6.75. The molecule has 0 radical (unpaired) electrons. The molecule has 1 aliphatic heterocycles. The lowest BCUT2D eigenvalue weighted by atomic mass is 10.1. The first-order valence-electron chi connectivity index (χ1n) is 9.60. The Hall–Kier alpha value is -3.79. The van der Waals surface area contributed by atoms with Gasteiger partial charge in [-0.3, -0.25) is 9.59 Å². The van der Waals surface area contributed by atoms with Gasteiger partial charge >= 0.3 is 5.24 Å². The van der Waals surface area contributed by atoms with Crippen molar-refractivity contribution in [3.05, 3.63) is 71.9 Å². The number of amides is 2. The normalized spacial score (nSPS) is 13.5. The van der Waals surface area contributed by atoms with Gasteiger partial charge < -0.3 is 19.2 Å². The summed E-state index contributed by atoms with van der Waals surface area (Å²) in [7, 11) is 3.15. The predicted molar refractivity (Wildman–Crippen MR) is 120 cm³/mol. The van der Waals surface area contributed by atoms with E-state index in [1.807, 2.05) is 24.3 Å². The molecule has 0 unspecified atom stereocenters. The Bertz CT molecular complexity index is 1160. The number of nitrogens with zero attached hydrogens (tertiary/aromatic N) is 3. The van der Waals surface area contributed by atoms with Gasteiger partial charge in [-0.25, -0.2) is 9.99 Å². The van der Waals surface area contributed by atoms with Crippen LogP contribution in [-0.2, 0) is 6.54 Å². The van der Waals surface area contributed by atoms with Gasteiger partial charge in [0.25, 0.3) is 5.91 Å². The molecule has 0 saturated heterocycles. The Morgan fingerprint density at radius 1 is 1.19 bits per heavy atom. The predicted octanol–water partition coefficient (Wildman–Crippen LogP) is 4.02. The highest BCUT2D eigenvalue weighted by atomic mass is 32.2. The Morgan fingerprint density at radius 2 is 2.03 bits per heavy atom. The molecule has 0 atom stereocenters. The smallest absolute Gasteiger partial charge is 0.302 e. The van der Waals surface area contributed by atoms with Gasteiger partial charge in [-0.2, -0.15) is 5.10 Å². The molecule has 1 N–H and O–H groups in total. The molecule has 2 heterocycles. The van der Waals surface area contributed by atoms with Crippen LogP contribution in [-0.4, -0.2) is 46.8 Å². The van der Waals surface area contributed by atoms with Crippen molar-refractivity contribution in [3.63, 3.8) is 0 Å². The second-order valence-corrected chi connectivity index (χ2v) is 7.68. The molecule has 10 heteroatoms. The van der Waals surface area contributed by atoms with Gasteiger partial charge in [0.1, 0.15) is 0 Å². The average molecular weight is 452 g/mol. The van der Waals surface area contributed by atoms with Crippen molar-refractivity contribution >= 4 is 34.3 Å². The number of anilines is 1. The summed E-state index contributed by atoms with van der Waals surface area (Å²) in [6.07, 6.45) is 2.53. The van der Waals surface area contributed by atoms with Gasteiger partial charge in [-0.15, -0.1) is 0 Å². The molecule has 164 valence electrons.